The molecule has 0 aromatic carbocycles. The molecule has 0 spiro atoms. The van der Waals surface area contributed by atoms with E-state index in [1.165, 1.54) is 0 Å². The van der Waals surface area contributed by atoms with Gasteiger partial charge >= 0.3 is 0 Å². The van der Waals surface area contributed by atoms with Crippen LogP contribution in [-0.4, -0.2) is 61.4 Å². The van der Waals surface area contributed by atoms with Crippen LogP contribution in [0.3, 0.4) is 0 Å². The average molecular weight is 244 g/mol. The van der Waals surface area contributed by atoms with Crippen molar-refractivity contribution in [2.45, 2.75) is 12.8 Å². The number of aliphatic hydroxyl groups is 2. The van der Waals surface area contributed by atoms with Crippen molar-refractivity contribution in [2.24, 2.45) is 0 Å². The minimum atomic E-state index is 0.0915. The lowest BCUT2D eigenvalue weighted by molar-refractivity contribution is 0.270. The number of hydrogen-bond donors (Lipinski definition) is 2. The Morgan fingerprint density at radius 3 is 1.47 bits per heavy atom. The number of ether oxygens (including phenoxy) is 1. The number of aliphatic hydroxyl groups excluding tert-OH is 2. The van der Waals surface area contributed by atoms with Gasteiger partial charge < -0.3 is 24.7 Å². The summed E-state index contributed by atoms with van der Waals surface area (Å²) in [7, 11) is 7.59. The molecule has 2 N–H and O–H groups in total. The van der Waals surface area contributed by atoms with Gasteiger partial charge in [-0.15, -0.1) is 0 Å². The number of nitrogens with zero attached hydrogens (tertiary/aromatic N) is 2. The van der Waals surface area contributed by atoms with Crippen LogP contribution in [-0.2, 0) is 4.74 Å². The molecule has 0 bridgehead atoms. The molecule has 0 aliphatic heterocycles. The average Bonchev–Trinajstić information content (AvgIpc) is 2.26. The zero-order valence-corrected chi connectivity index (χ0v) is 11.2. The first kappa shape index (κ1) is 15.8. The van der Waals surface area contributed by atoms with Crippen molar-refractivity contribution in [3.8, 4) is 0 Å². The predicted molar refractivity (Wildman–Crippen MR) is 68.0 cm³/mol. The summed E-state index contributed by atoms with van der Waals surface area (Å²) in [5.74, 6) is 0. The Kier molecular flexibility index (Phi) is 8.27. The van der Waals surface area contributed by atoms with Gasteiger partial charge in [-0.25, -0.2) is 0 Å². The highest BCUT2D eigenvalue weighted by Gasteiger charge is 2.01. The molecule has 0 saturated carbocycles. The third-order valence-electron chi connectivity index (χ3n) is 2.29. The van der Waals surface area contributed by atoms with Gasteiger partial charge in [0.25, 0.3) is 0 Å². The van der Waals surface area contributed by atoms with E-state index in [0.717, 1.165) is 11.4 Å². The second-order valence-electron chi connectivity index (χ2n) is 4.09. The Labute approximate surface area is 104 Å². The standard InChI is InChI=1S/C12H24N2O3/c1-13(2)11(5-7-15)9-17-10-12(6-8-16)14(3)4/h9-10,15-16H,5-8H2,1-4H3. The van der Waals surface area contributed by atoms with Crippen molar-refractivity contribution in [3.05, 3.63) is 23.9 Å². The van der Waals surface area contributed by atoms with Crippen LogP contribution in [0.25, 0.3) is 0 Å². The van der Waals surface area contributed by atoms with Crippen molar-refractivity contribution in [1.29, 1.82) is 0 Å². The van der Waals surface area contributed by atoms with E-state index in [9.17, 15) is 0 Å². The normalized spacial score (nSPS) is 12.6. The molecule has 0 rings (SSSR count). The molecule has 0 fully saturated rings. The summed E-state index contributed by atoms with van der Waals surface area (Å²) in [5, 5.41) is 17.8. The van der Waals surface area contributed by atoms with E-state index in [2.05, 4.69) is 0 Å². The van der Waals surface area contributed by atoms with E-state index in [0.29, 0.717) is 12.8 Å². The molecule has 17 heavy (non-hydrogen) atoms. The van der Waals surface area contributed by atoms with Gasteiger partial charge in [0.1, 0.15) is 12.5 Å². The van der Waals surface area contributed by atoms with E-state index >= 15 is 0 Å². The van der Waals surface area contributed by atoms with Crippen LogP contribution < -0.4 is 0 Å². The number of rotatable bonds is 8. The van der Waals surface area contributed by atoms with Crippen molar-refractivity contribution >= 4 is 0 Å². The smallest absolute Gasteiger partial charge is 0.109 e. The fourth-order valence-electron chi connectivity index (χ4n) is 1.20. The van der Waals surface area contributed by atoms with Crippen LogP contribution in [0.1, 0.15) is 12.8 Å². The van der Waals surface area contributed by atoms with E-state index in [-0.39, 0.29) is 13.2 Å². The van der Waals surface area contributed by atoms with Crippen LogP contribution in [0.5, 0.6) is 0 Å². The molecule has 0 aromatic rings. The first-order valence-electron chi connectivity index (χ1n) is 5.62. The molecule has 0 saturated heterocycles. The zero-order valence-electron chi connectivity index (χ0n) is 11.2. The van der Waals surface area contributed by atoms with Crippen LogP contribution in [0.2, 0.25) is 0 Å². The SMILES string of the molecule is CN(C)C(=COC=C(CCO)N(C)C)CCO. The van der Waals surface area contributed by atoms with Gasteiger partial charge in [0.15, 0.2) is 0 Å². The molecular weight excluding hydrogens is 220 g/mol. The summed E-state index contributed by atoms with van der Waals surface area (Å²) in [6.07, 6.45) is 4.32. The van der Waals surface area contributed by atoms with E-state index in [1.54, 1.807) is 12.5 Å². The largest absolute Gasteiger partial charge is 0.469 e. The monoisotopic (exact) mass is 244 g/mol. The lowest BCUT2D eigenvalue weighted by Crippen LogP contribution is -2.14. The molecule has 5 nitrogen and oxygen atoms in total. The maximum Gasteiger partial charge on any atom is 0.109 e. The maximum atomic E-state index is 8.89. The first-order valence-corrected chi connectivity index (χ1v) is 5.62. The third kappa shape index (κ3) is 6.86. The van der Waals surface area contributed by atoms with Gasteiger partial charge in [-0.2, -0.15) is 0 Å². The molecule has 0 unspecified atom stereocenters. The summed E-state index contributed by atoms with van der Waals surface area (Å²) in [6, 6.07) is 0. The van der Waals surface area contributed by atoms with Crippen LogP contribution in [0.4, 0.5) is 0 Å². The van der Waals surface area contributed by atoms with E-state index < -0.39 is 0 Å². The molecule has 100 valence electrons. The molecule has 0 radical (unpaired) electrons. The fourth-order valence-corrected chi connectivity index (χ4v) is 1.20. The predicted octanol–water partition coefficient (Wildman–Crippen LogP) is 0.574. The Bertz CT molecular complexity index is 234. The van der Waals surface area contributed by atoms with E-state index in [1.807, 2.05) is 38.0 Å². The first-order chi connectivity index (χ1) is 8.02. The maximum absolute atomic E-state index is 8.89. The summed E-state index contributed by atoms with van der Waals surface area (Å²) in [4.78, 5) is 3.79. The molecule has 0 aliphatic carbocycles. The molecule has 0 aromatic heterocycles. The van der Waals surface area contributed by atoms with Gasteiger partial charge in [0, 0.05) is 54.2 Å². The van der Waals surface area contributed by atoms with Gasteiger partial charge in [-0.05, 0) is 0 Å². The van der Waals surface area contributed by atoms with Crippen molar-refractivity contribution in [3.63, 3.8) is 0 Å². The summed E-state index contributed by atoms with van der Waals surface area (Å²) in [6.45, 7) is 0.183. The van der Waals surface area contributed by atoms with E-state index in [4.69, 9.17) is 14.9 Å². The molecule has 0 aliphatic rings. The summed E-state index contributed by atoms with van der Waals surface area (Å²) >= 11 is 0. The van der Waals surface area contributed by atoms with Gasteiger partial charge in [0.2, 0.25) is 0 Å². The highest BCUT2D eigenvalue weighted by atomic mass is 16.5. The quantitative estimate of drug-likeness (QED) is 0.612. The van der Waals surface area contributed by atoms with Crippen molar-refractivity contribution in [2.75, 3.05) is 41.4 Å². The second kappa shape index (κ2) is 8.90. The molecule has 0 amide bonds. The van der Waals surface area contributed by atoms with Crippen LogP contribution in [0, 0.1) is 0 Å². The second-order valence-corrected chi connectivity index (χ2v) is 4.09. The molecular formula is C12H24N2O3. The van der Waals surface area contributed by atoms with Crippen LogP contribution >= 0.6 is 0 Å². The minimum absolute atomic E-state index is 0.0915. The van der Waals surface area contributed by atoms with Gasteiger partial charge in [-0.1, -0.05) is 0 Å². The van der Waals surface area contributed by atoms with Gasteiger partial charge in [-0.3, -0.25) is 0 Å². The Balaban J connectivity index is 4.48. The molecule has 0 heterocycles. The highest BCUT2D eigenvalue weighted by molar-refractivity contribution is 4.99. The molecule has 5 heteroatoms. The zero-order chi connectivity index (χ0) is 13.3. The Hall–Kier alpha value is -1.20. The van der Waals surface area contributed by atoms with Crippen molar-refractivity contribution in [1.82, 2.24) is 9.80 Å². The third-order valence-corrected chi connectivity index (χ3v) is 2.29. The number of hydrogen-bond acceptors (Lipinski definition) is 5. The Morgan fingerprint density at radius 1 is 0.882 bits per heavy atom. The Morgan fingerprint density at radius 2 is 1.24 bits per heavy atom. The van der Waals surface area contributed by atoms with Gasteiger partial charge in [0.05, 0.1) is 11.4 Å². The highest BCUT2D eigenvalue weighted by Crippen LogP contribution is 2.07. The summed E-state index contributed by atoms with van der Waals surface area (Å²) < 4.78 is 5.36. The topological polar surface area (TPSA) is 56.2 Å². The lowest BCUT2D eigenvalue weighted by Gasteiger charge is -2.17. The summed E-state index contributed by atoms with van der Waals surface area (Å²) in [5.41, 5.74) is 1.82. The minimum Gasteiger partial charge on any atom is -0.469 e. The van der Waals surface area contributed by atoms with Crippen LogP contribution in [0.15, 0.2) is 23.9 Å². The fraction of sp³-hybridized carbons (Fsp3) is 0.667. The molecule has 0 atom stereocenters. The van der Waals surface area contributed by atoms with Crippen molar-refractivity contribution < 1.29 is 14.9 Å². The lowest BCUT2D eigenvalue weighted by atomic mass is 10.3.